The molecule has 0 spiro atoms. The highest BCUT2D eigenvalue weighted by Crippen LogP contribution is 2.41. The maximum Gasteiger partial charge on any atom is 0.416 e. The van der Waals surface area contributed by atoms with Crippen LogP contribution in [0.25, 0.3) is 0 Å². The zero-order valence-corrected chi connectivity index (χ0v) is 14.2. The van der Waals surface area contributed by atoms with Crippen molar-refractivity contribution in [2.24, 2.45) is 11.8 Å². The Hall–Kier alpha value is -1.76. The predicted molar refractivity (Wildman–Crippen MR) is 84.6 cm³/mol. The molecular weight excluding hydrogens is 345 g/mol. The van der Waals surface area contributed by atoms with Gasteiger partial charge in [-0.1, -0.05) is 11.6 Å². The van der Waals surface area contributed by atoms with E-state index in [1.807, 2.05) is 20.8 Å². The molecule has 1 aromatic rings. The van der Waals surface area contributed by atoms with Crippen LogP contribution in [-0.2, 0) is 15.8 Å². The Bertz CT molecular complexity index is 668. The first-order valence-electron chi connectivity index (χ1n) is 7.38. The summed E-state index contributed by atoms with van der Waals surface area (Å²) in [5, 5.41) is 5.16. The number of nitrogens with one attached hydrogen (secondary N) is 2. The van der Waals surface area contributed by atoms with Gasteiger partial charge in [0, 0.05) is 5.54 Å². The maximum atomic E-state index is 12.7. The fourth-order valence-electron chi connectivity index (χ4n) is 2.26. The second kappa shape index (κ2) is 6.27. The normalized spacial score (nSPS) is 20.5. The second-order valence-electron chi connectivity index (χ2n) is 6.87. The molecule has 2 atom stereocenters. The Morgan fingerprint density at radius 1 is 1.12 bits per heavy atom. The summed E-state index contributed by atoms with van der Waals surface area (Å²) in [5.74, 6) is -1.77. The maximum absolute atomic E-state index is 12.7. The summed E-state index contributed by atoms with van der Waals surface area (Å²) in [6.45, 7) is 5.47. The topological polar surface area (TPSA) is 58.2 Å². The van der Waals surface area contributed by atoms with Crippen LogP contribution in [0, 0.1) is 11.8 Å². The smallest absolute Gasteiger partial charge is 0.351 e. The molecule has 2 amide bonds. The summed E-state index contributed by atoms with van der Waals surface area (Å²) in [6.07, 6.45) is -4.16. The van der Waals surface area contributed by atoms with Gasteiger partial charge in [0.05, 0.1) is 28.1 Å². The van der Waals surface area contributed by atoms with E-state index < -0.39 is 35.0 Å². The summed E-state index contributed by atoms with van der Waals surface area (Å²) in [4.78, 5) is 24.1. The summed E-state index contributed by atoms with van der Waals surface area (Å²) < 4.78 is 38.2. The molecule has 2 N–H and O–H groups in total. The molecular formula is C16H18ClF3N2O2. The molecule has 1 aliphatic carbocycles. The number of hydrogen-bond donors (Lipinski definition) is 2. The third-order valence-electron chi connectivity index (χ3n) is 3.51. The molecule has 8 heteroatoms. The molecule has 0 heterocycles. The number of benzene rings is 1. The number of anilines is 1. The number of halogens is 4. The summed E-state index contributed by atoms with van der Waals surface area (Å²) in [7, 11) is 0. The fourth-order valence-corrected chi connectivity index (χ4v) is 2.42. The predicted octanol–water partition coefficient (Wildman–Crippen LogP) is 3.85. The largest absolute Gasteiger partial charge is 0.416 e. The summed E-state index contributed by atoms with van der Waals surface area (Å²) in [5.41, 5.74) is -1.43. The van der Waals surface area contributed by atoms with Crippen LogP contribution in [0.5, 0.6) is 0 Å². The van der Waals surface area contributed by atoms with Gasteiger partial charge in [-0.3, -0.25) is 9.59 Å². The van der Waals surface area contributed by atoms with E-state index in [0.717, 1.165) is 18.2 Å². The van der Waals surface area contributed by atoms with Gasteiger partial charge in [0.15, 0.2) is 0 Å². The number of alkyl halides is 3. The van der Waals surface area contributed by atoms with Gasteiger partial charge < -0.3 is 10.6 Å². The van der Waals surface area contributed by atoms with Crippen LogP contribution in [0.15, 0.2) is 18.2 Å². The molecule has 2 unspecified atom stereocenters. The van der Waals surface area contributed by atoms with Gasteiger partial charge in [0.1, 0.15) is 0 Å². The van der Waals surface area contributed by atoms with E-state index in [9.17, 15) is 22.8 Å². The van der Waals surface area contributed by atoms with Crippen molar-refractivity contribution >= 4 is 29.1 Å². The van der Waals surface area contributed by atoms with Crippen molar-refractivity contribution < 1.29 is 22.8 Å². The lowest BCUT2D eigenvalue weighted by Gasteiger charge is -2.20. The first-order valence-corrected chi connectivity index (χ1v) is 7.76. The third-order valence-corrected chi connectivity index (χ3v) is 3.84. The minimum Gasteiger partial charge on any atom is -0.351 e. The number of carbonyl (C=O) groups is 2. The van der Waals surface area contributed by atoms with Crippen molar-refractivity contribution in [2.45, 2.75) is 38.9 Å². The van der Waals surface area contributed by atoms with Gasteiger partial charge in [-0.05, 0) is 45.4 Å². The molecule has 0 radical (unpaired) electrons. The Morgan fingerprint density at radius 2 is 1.71 bits per heavy atom. The molecule has 0 bridgehead atoms. The average Bonchev–Trinajstić information content (AvgIpc) is 3.18. The van der Waals surface area contributed by atoms with Crippen molar-refractivity contribution in [2.75, 3.05) is 5.32 Å². The van der Waals surface area contributed by atoms with E-state index in [0.29, 0.717) is 6.42 Å². The molecule has 1 saturated carbocycles. The number of rotatable bonds is 3. The minimum atomic E-state index is -4.53. The Labute approximate surface area is 142 Å². The van der Waals surface area contributed by atoms with E-state index >= 15 is 0 Å². The van der Waals surface area contributed by atoms with Crippen molar-refractivity contribution in [3.63, 3.8) is 0 Å². The molecule has 1 aromatic carbocycles. The van der Waals surface area contributed by atoms with Gasteiger partial charge >= 0.3 is 6.18 Å². The quantitative estimate of drug-likeness (QED) is 0.858. The summed E-state index contributed by atoms with van der Waals surface area (Å²) in [6, 6.07) is 2.71. The van der Waals surface area contributed by atoms with Crippen LogP contribution < -0.4 is 10.6 Å². The SMILES string of the molecule is CC(C)(C)NC(=O)C1CC1C(=O)Nc1cc(C(F)(F)F)ccc1Cl. The molecule has 0 aliphatic heterocycles. The Balaban J connectivity index is 2.03. The first-order chi connectivity index (χ1) is 10.9. The number of amides is 2. The molecule has 0 aromatic heterocycles. The standard InChI is InChI=1S/C16H18ClF3N2O2/c1-15(2,3)22-14(24)10-7-9(10)13(23)21-12-6-8(16(18,19)20)4-5-11(12)17/h4-6,9-10H,7H2,1-3H3,(H,21,23)(H,22,24). The molecule has 0 saturated heterocycles. The van der Waals surface area contributed by atoms with E-state index in [1.165, 1.54) is 0 Å². The van der Waals surface area contributed by atoms with Crippen molar-refractivity contribution in [1.82, 2.24) is 5.32 Å². The lowest BCUT2D eigenvalue weighted by Crippen LogP contribution is -2.42. The van der Waals surface area contributed by atoms with E-state index in [1.54, 1.807) is 0 Å². The van der Waals surface area contributed by atoms with Crippen LogP contribution in [0.2, 0.25) is 5.02 Å². The van der Waals surface area contributed by atoms with Gasteiger partial charge in [-0.2, -0.15) is 13.2 Å². The van der Waals surface area contributed by atoms with Gasteiger partial charge in [0.2, 0.25) is 11.8 Å². The van der Waals surface area contributed by atoms with Crippen molar-refractivity contribution in [1.29, 1.82) is 0 Å². The highest BCUT2D eigenvalue weighted by Gasteiger charge is 2.48. The number of hydrogen-bond acceptors (Lipinski definition) is 2. The summed E-state index contributed by atoms with van der Waals surface area (Å²) >= 11 is 5.84. The minimum absolute atomic E-state index is 0.00712. The monoisotopic (exact) mass is 362 g/mol. The van der Waals surface area contributed by atoms with E-state index in [-0.39, 0.29) is 16.6 Å². The van der Waals surface area contributed by atoms with Crippen LogP contribution >= 0.6 is 11.6 Å². The zero-order valence-electron chi connectivity index (χ0n) is 13.4. The van der Waals surface area contributed by atoms with Crippen molar-refractivity contribution in [3.05, 3.63) is 28.8 Å². The lowest BCUT2D eigenvalue weighted by molar-refractivity contribution is -0.137. The van der Waals surface area contributed by atoms with Crippen molar-refractivity contribution in [3.8, 4) is 0 Å². The van der Waals surface area contributed by atoms with Crippen LogP contribution in [0.4, 0.5) is 18.9 Å². The zero-order chi connectivity index (χ0) is 18.3. The van der Waals surface area contributed by atoms with Gasteiger partial charge in [-0.25, -0.2) is 0 Å². The molecule has 4 nitrogen and oxygen atoms in total. The number of carbonyl (C=O) groups excluding carboxylic acids is 2. The average molecular weight is 363 g/mol. The van der Waals surface area contributed by atoms with E-state index in [2.05, 4.69) is 10.6 Å². The molecule has 132 valence electrons. The molecule has 24 heavy (non-hydrogen) atoms. The second-order valence-corrected chi connectivity index (χ2v) is 7.28. The van der Waals surface area contributed by atoms with Crippen LogP contribution in [0.3, 0.4) is 0 Å². The Kier molecular flexibility index (Phi) is 4.86. The van der Waals surface area contributed by atoms with E-state index in [4.69, 9.17) is 11.6 Å². The third kappa shape index (κ3) is 4.63. The highest BCUT2D eigenvalue weighted by atomic mass is 35.5. The Morgan fingerprint density at radius 3 is 2.25 bits per heavy atom. The van der Waals surface area contributed by atoms with Crippen LogP contribution in [-0.4, -0.2) is 17.4 Å². The molecule has 1 aliphatic rings. The van der Waals surface area contributed by atoms with Gasteiger partial charge in [-0.15, -0.1) is 0 Å². The lowest BCUT2D eigenvalue weighted by atomic mass is 10.1. The van der Waals surface area contributed by atoms with Gasteiger partial charge in [0.25, 0.3) is 0 Å². The highest BCUT2D eigenvalue weighted by molar-refractivity contribution is 6.33. The fraction of sp³-hybridized carbons (Fsp3) is 0.500. The molecule has 1 fully saturated rings. The first kappa shape index (κ1) is 18.6. The van der Waals surface area contributed by atoms with Crippen LogP contribution in [0.1, 0.15) is 32.8 Å². The molecule has 2 rings (SSSR count).